The van der Waals surface area contributed by atoms with E-state index in [1.54, 1.807) is 0 Å². The second-order valence-electron chi connectivity index (χ2n) is 1.78. The molecular formula is C4H2F7. The summed E-state index contributed by atoms with van der Waals surface area (Å²) in [7, 11) is 0. The van der Waals surface area contributed by atoms with Crippen LogP contribution in [0.4, 0.5) is 30.7 Å². The average molecular weight is 183 g/mol. The third-order valence-corrected chi connectivity index (χ3v) is 0.815. The Balaban J connectivity index is 4.75. The minimum Gasteiger partial charge on any atom is -0.199 e. The van der Waals surface area contributed by atoms with Crippen molar-refractivity contribution in [2.45, 2.75) is 18.0 Å². The molecule has 11 heavy (non-hydrogen) atoms. The van der Waals surface area contributed by atoms with Gasteiger partial charge in [0.15, 0.2) is 0 Å². The van der Waals surface area contributed by atoms with Crippen LogP contribution in [0.25, 0.3) is 0 Å². The van der Waals surface area contributed by atoms with E-state index in [0.29, 0.717) is 0 Å². The van der Waals surface area contributed by atoms with Crippen molar-refractivity contribution < 1.29 is 30.7 Å². The van der Waals surface area contributed by atoms with Crippen molar-refractivity contribution in [2.24, 2.45) is 0 Å². The van der Waals surface area contributed by atoms with E-state index < -0.39 is 18.0 Å². The van der Waals surface area contributed by atoms with Gasteiger partial charge in [0.05, 0.1) is 0 Å². The van der Waals surface area contributed by atoms with Gasteiger partial charge < -0.3 is 0 Å². The summed E-state index contributed by atoms with van der Waals surface area (Å²) in [4.78, 5) is 0. The Bertz CT molecular complexity index is 122. The number of hydrogen-bond acceptors (Lipinski definition) is 0. The van der Waals surface area contributed by atoms with Gasteiger partial charge in [0.2, 0.25) is 0 Å². The first-order chi connectivity index (χ1) is 4.50. The Hall–Kier alpha value is -0.490. The standard InChI is InChI=1S/C4H2F7/c1-2(5,6)3(7,8)4(9,10)11/h1H2. The van der Waals surface area contributed by atoms with E-state index in [1.165, 1.54) is 6.92 Å². The fourth-order valence-electron chi connectivity index (χ4n) is 0.207. The second-order valence-corrected chi connectivity index (χ2v) is 1.78. The summed E-state index contributed by atoms with van der Waals surface area (Å²) in [5.41, 5.74) is 0. The molecule has 1 radical (unpaired) electrons. The molecule has 0 saturated carbocycles. The first-order valence-corrected chi connectivity index (χ1v) is 2.18. The van der Waals surface area contributed by atoms with E-state index in [9.17, 15) is 30.7 Å². The lowest BCUT2D eigenvalue weighted by atomic mass is 10.2. The Morgan fingerprint density at radius 3 is 1.00 bits per heavy atom. The van der Waals surface area contributed by atoms with Crippen LogP contribution in [-0.4, -0.2) is 18.0 Å². The van der Waals surface area contributed by atoms with Gasteiger partial charge in [0.25, 0.3) is 0 Å². The highest BCUT2D eigenvalue weighted by atomic mass is 19.4. The molecule has 0 aliphatic heterocycles. The van der Waals surface area contributed by atoms with Gasteiger partial charge in [-0.2, -0.15) is 30.7 Å². The van der Waals surface area contributed by atoms with Gasteiger partial charge in [-0.05, 0) is 0 Å². The Morgan fingerprint density at radius 2 is 1.00 bits per heavy atom. The van der Waals surface area contributed by atoms with E-state index in [4.69, 9.17) is 0 Å². The predicted molar refractivity (Wildman–Crippen MR) is 21.3 cm³/mol. The maximum absolute atomic E-state index is 11.5. The topological polar surface area (TPSA) is 0 Å². The van der Waals surface area contributed by atoms with Crippen molar-refractivity contribution in [3.63, 3.8) is 0 Å². The summed E-state index contributed by atoms with van der Waals surface area (Å²) in [5.74, 6) is -11.4. The molecule has 0 N–H and O–H groups in total. The quantitative estimate of drug-likeness (QED) is 0.548. The van der Waals surface area contributed by atoms with Crippen LogP contribution in [-0.2, 0) is 0 Å². The smallest absolute Gasteiger partial charge is 0.199 e. The monoisotopic (exact) mass is 183 g/mol. The van der Waals surface area contributed by atoms with Gasteiger partial charge in [-0.3, -0.25) is 0 Å². The summed E-state index contributed by atoms with van der Waals surface area (Å²) in [5, 5.41) is 0. The van der Waals surface area contributed by atoms with Gasteiger partial charge in [0, 0.05) is 6.92 Å². The molecule has 0 aromatic rings. The molecule has 0 rings (SSSR count). The zero-order valence-corrected chi connectivity index (χ0v) is 4.85. The van der Waals surface area contributed by atoms with Crippen LogP contribution in [0.5, 0.6) is 0 Å². The molecule has 0 aromatic carbocycles. The Kier molecular flexibility index (Phi) is 2.15. The normalized spacial score (nSPS) is 15.3. The van der Waals surface area contributed by atoms with Crippen LogP contribution >= 0.6 is 0 Å². The number of rotatable bonds is 1. The molecule has 0 aromatic heterocycles. The van der Waals surface area contributed by atoms with Crippen LogP contribution in [0, 0.1) is 6.92 Å². The van der Waals surface area contributed by atoms with Crippen LogP contribution in [0.15, 0.2) is 0 Å². The third kappa shape index (κ3) is 1.75. The maximum atomic E-state index is 11.5. The highest BCUT2D eigenvalue weighted by Gasteiger charge is 2.70. The molecule has 0 spiro atoms. The zero-order valence-electron chi connectivity index (χ0n) is 4.85. The highest BCUT2D eigenvalue weighted by Crippen LogP contribution is 2.45. The van der Waals surface area contributed by atoms with Gasteiger partial charge in [-0.25, -0.2) is 0 Å². The molecule has 0 saturated heterocycles. The molecular weight excluding hydrogens is 181 g/mol. The molecule has 0 amide bonds. The number of halogens is 7. The summed E-state index contributed by atoms with van der Waals surface area (Å²) >= 11 is 0. The van der Waals surface area contributed by atoms with Gasteiger partial charge in [-0.1, -0.05) is 0 Å². The fraction of sp³-hybridized carbons (Fsp3) is 0.750. The lowest BCUT2D eigenvalue weighted by Gasteiger charge is -2.24. The van der Waals surface area contributed by atoms with Crippen molar-refractivity contribution in [1.82, 2.24) is 0 Å². The summed E-state index contributed by atoms with van der Waals surface area (Å²) < 4.78 is 79.0. The number of alkyl halides is 7. The first kappa shape index (κ1) is 10.5. The molecule has 0 atom stereocenters. The van der Waals surface area contributed by atoms with Gasteiger partial charge >= 0.3 is 18.0 Å². The summed E-state index contributed by atoms with van der Waals surface area (Å²) in [6.45, 7) is 1.41. The van der Waals surface area contributed by atoms with E-state index in [-0.39, 0.29) is 0 Å². The summed E-state index contributed by atoms with van der Waals surface area (Å²) in [6.07, 6.45) is -6.27. The van der Waals surface area contributed by atoms with Crippen molar-refractivity contribution in [2.75, 3.05) is 0 Å². The van der Waals surface area contributed by atoms with Crippen LogP contribution < -0.4 is 0 Å². The molecule has 7 heteroatoms. The lowest BCUT2D eigenvalue weighted by Crippen LogP contribution is -2.50. The Labute approximate surface area is 57.0 Å². The minimum absolute atomic E-state index is 1.41. The molecule has 0 aliphatic carbocycles. The van der Waals surface area contributed by atoms with Crippen LogP contribution in [0.3, 0.4) is 0 Å². The van der Waals surface area contributed by atoms with E-state index in [0.717, 1.165) is 0 Å². The largest absolute Gasteiger partial charge is 0.459 e. The first-order valence-electron chi connectivity index (χ1n) is 2.18. The van der Waals surface area contributed by atoms with Crippen molar-refractivity contribution in [1.29, 1.82) is 0 Å². The third-order valence-electron chi connectivity index (χ3n) is 0.815. The Morgan fingerprint density at radius 1 is 0.727 bits per heavy atom. The lowest BCUT2D eigenvalue weighted by molar-refractivity contribution is -0.342. The van der Waals surface area contributed by atoms with Crippen LogP contribution in [0.1, 0.15) is 0 Å². The molecule has 0 heterocycles. The van der Waals surface area contributed by atoms with E-state index in [2.05, 4.69) is 0 Å². The minimum atomic E-state index is -6.27. The SMILES string of the molecule is [CH2]C(F)(F)C(F)(F)C(F)(F)F. The van der Waals surface area contributed by atoms with Crippen molar-refractivity contribution in [3.05, 3.63) is 6.92 Å². The molecule has 0 unspecified atom stereocenters. The van der Waals surface area contributed by atoms with Crippen LogP contribution in [0.2, 0.25) is 0 Å². The molecule has 0 bridgehead atoms. The van der Waals surface area contributed by atoms with Crippen molar-refractivity contribution in [3.8, 4) is 0 Å². The average Bonchev–Trinajstić information content (AvgIpc) is 1.58. The van der Waals surface area contributed by atoms with E-state index >= 15 is 0 Å². The molecule has 67 valence electrons. The van der Waals surface area contributed by atoms with E-state index in [1.807, 2.05) is 0 Å². The van der Waals surface area contributed by atoms with Crippen molar-refractivity contribution >= 4 is 0 Å². The number of hydrogen-bond donors (Lipinski definition) is 0. The van der Waals surface area contributed by atoms with Gasteiger partial charge in [-0.15, -0.1) is 0 Å². The molecule has 0 aliphatic rings. The fourth-order valence-corrected chi connectivity index (χ4v) is 0.207. The molecule has 0 nitrogen and oxygen atoms in total. The van der Waals surface area contributed by atoms with Gasteiger partial charge in [0.1, 0.15) is 0 Å². The molecule has 0 fully saturated rings. The predicted octanol–water partition coefficient (Wildman–Crippen LogP) is 2.65. The zero-order chi connectivity index (χ0) is 9.50. The highest BCUT2D eigenvalue weighted by molar-refractivity contribution is 4.92. The summed E-state index contributed by atoms with van der Waals surface area (Å²) in [6, 6.07) is 0. The second kappa shape index (κ2) is 2.25. The maximum Gasteiger partial charge on any atom is 0.459 e.